The van der Waals surface area contributed by atoms with Gasteiger partial charge in [-0.05, 0) is 19.3 Å². The highest BCUT2D eigenvalue weighted by Crippen LogP contribution is 2.46. The number of rotatable bonds is 5. The Morgan fingerprint density at radius 1 is 1.08 bits per heavy atom. The fourth-order valence-corrected chi connectivity index (χ4v) is 4.54. The molecule has 2 fully saturated rings. The molecule has 2 aliphatic rings. The molecular formula is C18H28N3O4+. The normalized spacial score (nSPS) is 20.9. The number of nitrogens with zero attached hydrogens (tertiary/aromatic N) is 2. The van der Waals surface area contributed by atoms with Crippen LogP contribution < -0.4 is 19.3 Å². The van der Waals surface area contributed by atoms with E-state index >= 15 is 0 Å². The quantitative estimate of drug-likeness (QED) is 0.502. The van der Waals surface area contributed by atoms with Gasteiger partial charge in [-0.3, -0.25) is 14.6 Å². The van der Waals surface area contributed by atoms with E-state index in [9.17, 15) is 10.1 Å². The van der Waals surface area contributed by atoms with Gasteiger partial charge in [0.1, 0.15) is 0 Å². The molecule has 0 atom stereocenters. The number of ether oxygens (including phenoxy) is 2. The third kappa shape index (κ3) is 3.30. The molecule has 7 heteroatoms. The smallest absolute Gasteiger partial charge is 0.315 e. The largest absolute Gasteiger partial charge is 0.491 e. The van der Waals surface area contributed by atoms with Gasteiger partial charge < -0.3 is 14.8 Å². The van der Waals surface area contributed by atoms with Gasteiger partial charge in [-0.2, -0.15) is 0 Å². The van der Waals surface area contributed by atoms with Crippen molar-refractivity contribution in [2.75, 3.05) is 40.4 Å². The fourth-order valence-electron chi connectivity index (χ4n) is 4.54. The number of piperidine rings is 2. The monoisotopic (exact) mass is 350 g/mol. The predicted octanol–water partition coefficient (Wildman–Crippen LogP) is 2.86. The summed E-state index contributed by atoms with van der Waals surface area (Å²) in [7, 11) is 3.08. The number of methoxy groups -OCH3 is 2. The molecule has 1 aromatic rings. The number of nitrogens with one attached hydrogen (secondary N) is 1. The Hall–Kier alpha value is -1.86. The second kappa shape index (κ2) is 7.58. The first-order valence-corrected chi connectivity index (χ1v) is 9.11. The second-order valence-corrected chi connectivity index (χ2v) is 6.98. The first-order chi connectivity index (χ1) is 12.1. The van der Waals surface area contributed by atoms with Crippen molar-refractivity contribution in [2.24, 2.45) is 0 Å². The van der Waals surface area contributed by atoms with Crippen molar-refractivity contribution < 1.29 is 14.4 Å². The van der Waals surface area contributed by atoms with Crippen LogP contribution in [-0.2, 0) is 0 Å². The Bertz CT molecular complexity index is 623. The van der Waals surface area contributed by atoms with Crippen molar-refractivity contribution in [1.29, 1.82) is 0 Å². The molecule has 3 rings (SSSR count). The molecule has 0 bridgehead atoms. The third-order valence-corrected chi connectivity index (χ3v) is 5.78. The minimum Gasteiger partial charge on any atom is -0.491 e. The Kier molecular flexibility index (Phi) is 5.44. The molecule has 2 saturated heterocycles. The average molecular weight is 350 g/mol. The average Bonchev–Trinajstić information content (AvgIpc) is 2.68. The zero-order chi connectivity index (χ0) is 17.9. The number of hydrogen-bond acceptors (Lipinski definition) is 5. The number of likely N-dealkylation sites (tertiary alicyclic amines) is 1. The molecule has 2 aliphatic heterocycles. The van der Waals surface area contributed by atoms with Gasteiger partial charge >= 0.3 is 5.69 Å². The van der Waals surface area contributed by atoms with E-state index < -0.39 is 4.92 Å². The van der Waals surface area contributed by atoms with Crippen LogP contribution in [0.5, 0.6) is 11.5 Å². The molecule has 0 aromatic heterocycles. The maximum atomic E-state index is 11.4. The molecular weight excluding hydrogens is 322 g/mol. The number of hydrogen-bond donors (Lipinski definition) is 1. The zero-order valence-electron chi connectivity index (χ0n) is 15.1. The SMILES string of the molecule is COc1cc([N+]2(C3CCNCC3)CCCCC2)c(OC)cc1[N+](=O)[O-]. The van der Waals surface area contributed by atoms with E-state index in [4.69, 9.17) is 9.47 Å². The van der Waals surface area contributed by atoms with E-state index in [0.29, 0.717) is 17.5 Å². The molecule has 25 heavy (non-hydrogen) atoms. The molecule has 0 amide bonds. The summed E-state index contributed by atoms with van der Waals surface area (Å²) in [5.41, 5.74) is 1.00. The van der Waals surface area contributed by atoms with Gasteiger partial charge in [-0.25, -0.2) is 0 Å². The number of nitro benzene ring substituents is 1. The van der Waals surface area contributed by atoms with Crippen LogP contribution in [-0.4, -0.2) is 51.4 Å². The lowest BCUT2D eigenvalue weighted by Gasteiger charge is -2.48. The van der Waals surface area contributed by atoms with E-state index in [1.54, 1.807) is 7.11 Å². The maximum absolute atomic E-state index is 11.4. The van der Waals surface area contributed by atoms with Crippen molar-refractivity contribution >= 4 is 11.4 Å². The summed E-state index contributed by atoms with van der Waals surface area (Å²) in [5.74, 6) is 0.922. The van der Waals surface area contributed by atoms with E-state index in [2.05, 4.69) is 5.32 Å². The van der Waals surface area contributed by atoms with Crippen molar-refractivity contribution in [3.05, 3.63) is 22.2 Å². The maximum Gasteiger partial charge on any atom is 0.315 e. The Balaban J connectivity index is 2.12. The van der Waals surface area contributed by atoms with Crippen LogP contribution in [0.4, 0.5) is 11.4 Å². The molecule has 7 nitrogen and oxygen atoms in total. The van der Waals surface area contributed by atoms with Crippen LogP contribution in [0, 0.1) is 10.1 Å². The fraction of sp³-hybridized carbons (Fsp3) is 0.667. The van der Waals surface area contributed by atoms with Gasteiger partial charge in [0.25, 0.3) is 0 Å². The lowest BCUT2D eigenvalue weighted by molar-refractivity contribution is -0.385. The van der Waals surface area contributed by atoms with Gasteiger partial charge in [0.2, 0.25) is 5.75 Å². The summed E-state index contributed by atoms with van der Waals surface area (Å²) >= 11 is 0. The van der Waals surface area contributed by atoms with Crippen LogP contribution in [0.3, 0.4) is 0 Å². The Morgan fingerprint density at radius 2 is 1.72 bits per heavy atom. The van der Waals surface area contributed by atoms with Crippen molar-refractivity contribution in [2.45, 2.75) is 38.1 Å². The van der Waals surface area contributed by atoms with E-state index in [1.807, 2.05) is 6.07 Å². The van der Waals surface area contributed by atoms with Crippen LogP contribution in [0.1, 0.15) is 32.1 Å². The summed E-state index contributed by atoms with van der Waals surface area (Å²) < 4.78 is 11.8. The summed E-state index contributed by atoms with van der Waals surface area (Å²) in [6.07, 6.45) is 5.82. The lowest BCUT2D eigenvalue weighted by atomic mass is 9.94. The second-order valence-electron chi connectivity index (χ2n) is 6.98. The molecule has 138 valence electrons. The van der Waals surface area contributed by atoms with E-state index in [1.165, 1.54) is 32.4 Å². The molecule has 1 N–H and O–H groups in total. The van der Waals surface area contributed by atoms with E-state index in [0.717, 1.165) is 49.2 Å². The highest BCUT2D eigenvalue weighted by Gasteiger charge is 2.44. The number of quaternary nitrogens is 1. The van der Waals surface area contributed by atoms with Crippen molar-refractivity contribution in [3.63, 3.8) is 0 Å². The highest BCUT2D eigenvalue weighted by atomic mass is 16.6. The topological polar surface area (TPSA) is 73.6 Å². The van der Waals surface area contributed by atoms with Gasteiger partial charge in [-0.15, -0.1) is 0 Å². The lowest BCUT2D eigenvalue weighted by Crippen LogP contribution is -2.62. The molecule has 0 aliphatic carbocycles. The first-order valence-electron chi connectivity index (χ1n) is 9.11. The van der Waals surface area contributed by atoms with Gasteiger partial charge in [0.15, 0.2) is 11.4 Å². The number of benzene rings is 1. The molecule has 2 heterocycles. The van der Waals surface area contributed by atoms with Crippen molar-refractivity contribution in [1.82, 2.24) is 9.80 Å². The standard InChI is InChI=1S/C18H28N3O4/c1-24-17-13-16(18(25-2)12-15(17)20(22)23)21(10-4-3-5-11-21)14-6-8-19-9-7-14/h12-14,19H,3-11H2,1-2H3/q+1. The van der Waals surface area contributed by atoms with Crippen LogP contribution in [0.25, 0.3) is 0 Å². The van der Waals surface area contributed by atoms with Crippen molar-refractivity contribution in [3.8, 4) is 11.5 Å². The minimum absolute atomic E-state index is 0.0384. The highest BCUT2D eigenvalue weighted by molar-refractivity contribution is 5.67. The summed E-state index contributed by atoms with van der Waals surface area (Å²) in [6, 6.07) is 3.90. The summed E-state index contributed by atoms with van der Waals surface area (Å²) in [4.78, 5) is 11.0. The van der Waals surface area contributed by atoms with E-state index in [-0.39, 0.29) is 5.69 Å². The summed E-state index contributed by atoms with van der Waals surface area (Å²) in [6.45, 7) is 4.16. The molecule has 0 radical (unpaired) electrons. The molecule has 0 spiro atoms. The zero-order valence-corrected chi connectivity index (χ0v) is 15.1. The Labute approximate surface area is 148 Å². The van der Waals surface area contributed by atoms with Crippen LogP contribution >= 0.6 is 0 Å². The molecule has 0 unspecified atom stereocenters. The third-order valence-electron chi connectivity index (χ3n) is 5.78. The predicted molar refractivity (Wildman–Crippen MR) is 97.5 cm³/mol. The first kappa shape index (κ1) is 17.9. The summed E-state index contributed by atoms with van der Waals surface area (Å²) in [5, 5.41) is 14.8. The van der Waals surface area contributed by atoms with Gasteiger partial charge in [-0.1, -0.05) is 0 Å². The van der Waals surface area contributed by atoms with Gasteiger partial charge in [0.05, 0.1) is 50.4 Å². The van der Waals surface area contributed by atoms with Crippen LogP contribution in [0.15, 0.2) is 12.1 Å². The Morgan fingerprint density at radius 3 is 2.28 bits per heavy atom. The molecule has 1 aromatic carbocycles. The van der Waals surface area contributed by atoms with Gasteiger partial charge in [0, 0.05) is 25.9 Å². The minimum atomic E-state index is -0.407. The molecule has 0 saturated carbocycles. The van der Waals surface area contributed by atoms with Crippen LogP contribution in [0.2, 0.25) is 0 Å². The number of nitro groups is 1.